The van der Waals surface area contributed by atoms with E-state index in [1.807, 2.05) is 25.1 Å². The molecule has 0 atom stereocenters. The minimum Gasteiger partial charge on any atom is -0.494 e. The number of anilines is 1. The number of hydrogen-bond acceptors (Lipinski definition) is 5. The zero-order chi connectivity index (χ0) is 21.1. The monoisotopic (exact) mass is 429 g/mol. The van der Waals surface area contributed by atoms with Gasteiger partial charge in [-0.3, -0.25) is 10.1 Å². The summed E-state index contributed by atoms with van der Waals surface area (Å²) in [5.74, 6) is 0.381. The fourth-order valence-electron chi connectivity index (χ4n) is 2.98. The van der Waals surface area contributed by atoms with Gasteiger partial charge in [0.2, 0.25) is 0 Å². The van der Waals surface area contributed by atoms with Crippen molar-refractivity contribution in [2.45, 2.75) is 13.5 Å². The molecule has 0 bridgehead atoms. The highest BCUT2D eigenvalue weighted by Gasteiger charge is 2.16. The lowest BCUT2D eigenvalue weighted by molar-refractivity contribution is -0.0494. The number of nitrogens with one attached hydrogen (secondary N) is 2. The van der Waals surface area contributed by atoms with Crippen molar-refractivity contribution in [3.8, 4) is 22.8 Å². The molecule has 0 aliphatic heterocycles. The highest BCUT2D eigenvalue weighted by molar-refractivity contribution is 7.14. The van der Waals surface area contributed by atoms with Gasteiger partial charge in [-0.1, -0.05) is 12.1 Å². The van der Waals surface area contributed by atoms with E-state index in [4.69, 9.17) is 4.74 Å². The number of fused-ring (bicyclic) bond motifs is 1. The smallest absolute Gasteiger partial charge is 0.387 e. The van der Waals surface area contributed by atoms with Crippen LogP contribution in [0.4, 0.5) is 13.9 Å². The number of aromatic nitrogens is 2. The quantitative estimate of drug-likeness (QED) is 0.404. The third-order valence-corrected chi connectivity index (χ3v) is 5.01. The fraction of sp³-hybridized carbons (Fsp3) is 0.143. The lowest BCUT2D eigenvalue weighted by Gasteiger charge is -2.08. The van der Waals surface area contributed by atoms with Crippen LogP contribution in [0.5, 0.6) is 11.5 Å². The molecule has 0 aliphatic rings. The van der Waals surface area contributed by atoms with Gasteiger partial charge in [-0.2, -0.15) is 8.78 Å². The number of thiazole rings is 1. The number of rotatable bonds is 7. The van der Waals surface area contributed by atoms with Crippen LogP contribution in [0.15, 0.2) is 53.9 Å². The number of halogens is 2. The van der Waals surface area contributed by atoms with Crippen molar-refractivity contribution in [2.75, 3.05) is 11.9 Å². The van der Waals surface area contributed by atoms with Crippen molar-refractivity contribution in [1.29, 1.82) is 0 Å². The van der Waals surface area contributed by atoms with E-state index in [-0.39, 0.29) is 11.7 Å². The van der Waals surface area contributed by atoms with E-state index < -0.39 is 6.61 Å². The van der Waals surface area contributed by atoms with Gasteiger partial charge in [-0.25, -0.2) is 4.98 Å². The Hall–Kier alpha value is -3.46. The average Bonchev–Trinajstić information content (AvgIpc) is 3.35. The zero-order valence-electron chi connectivity index (χ0n) is 15.8. The van der Waals surface area contributed by atoms with Gasteiger partial charge in [-0.15, -0.1) is 11.3 Å². The first-order chi connectivity index (χ1) is 14.5. The maximum Gasteiger partial charge on any atom is 0.387 e. The fourth-order valence-corrected chi connectivity index (χ4v) is 3.69. The number of benzene rings is 2. The molecule has 1 amide bonds. The van der Waals surface area contributed by atoms with E-state index in [0.29, 0.717) is 34.4 Å². The van der Waals surface area contributed by atoms with E-state index in [2.05, 4.69) is 20.0 Å². The minimum atomic E-state index is -2.94. The van der Waals surface area contributed by atoms with Gasteiger partial charge < -0.3 is 14.5 Å². The Morgan fingerprint density at radius 3 is 2.87 bits per heavy atom. The Balaban J connectivity index is 1.53. The number of carbonyl (C=O) groups excluding carboxylic acids is 1. The summed E-state index contributed by atoms with van der Waals surface area (Å²) in [4.78, 5) is 20.0. The Morgan fingerprint density at radius 2 is 2.07 bits per heavy atom. The van der Waals surface area contributed by atoms with E-state index in [9.17, 15) is 13.6 Å². The first-order valence-electron chi connectivity index (χ1n) is 9.10. The summed E-state index contributed by atoms with van der Waals surface area (Å²) in [6.07, 6.45) is 0. The third-order valence-electron chi connectivity index (χ3n) is 4.25. The summed E-state index contributed by atoms with van der Waals surface area (Å²) >= 11 is 1.19. The summed E-state index contributed by atoms with van der Waals surface area (Å²) < 4.78 is 35.3. The largest absolute Gasteiger partial charge is 0.494 e. The normalized spacial score (nSPS) is 11.1. The van der Waals surface area contributed by atoms with Gasteiger partial charge >= 0.3 is 6.61 Å². The summed E-state index contributed by atoms with van der Waals surface area (Å²) in [5.41, 5.74) is 2.01. The standard InChI is InChI=1S/C21H17F2N3O3S/c1-2-28-13-8-7-12-9-16(24-15(12)10-13)19(27)26-21-25-17(11-30-21)14-5-3-4-6-18(14)29-20(22)23/h3-11,20,24H,2H2,1H3,(H,25,26,27). The second-order valence-electron chi connectivity index (χ2n) is 6.23. The number of amides is 1. The molecule has 9 heteroatoms. The highest BCUT2D eigenvalue weighted by Crippen LogP contribution is 2.33. The number of alkyl halides is 2. The van der Waals surface area contributed by atoms with Crippen LogP contribution in [0.1, 0.15) is 17.4 Å². The number of para-hydroxylation sites is 1. The maximum atomic E-state index is 12.6. The number of hydrogen-bond donors (Lipinski definition) is 2. The molecular formula is C21H17F2N3O3S. The molecule has 154 valence electrons. The second kappa shape index (κ2) is 8.50. The van der Waals surface area contributed by atoms with E-state index >= 15 is 0 Å². The first kappa shape index (κ1) is 19.8. The van der Waals surface area contributed by atoms with Crippen LogP contribution >= 0.6 is 11.3 Å². The zero-order valence-corrected chi connectivity index (χ0v) is 16.6. The predicted octanol–water partition coefficient (Wildman–Crippen LogP) is 5.54. The molecule has 2 heterocycles. The van der Waals surface area contributed by atoms with Crippen molar-refractivity contribution < 1.29 is 23.0 Å². The van der Waals surface area contributed by atoms with Gasteiger partial charge in [0.05, 0.1) is 12.3 Å². The average molecular weight is 429 g/mol. The molecule has 0 fully saturated rings. The van der Waals surface area contributed by atoms with Gasteiger partial charge in [0.1, 0.15) is 17.2 Å². The number of carbonyl (C=O) groups is 1. The van der Waals surface area contributed by atoms with Gasteiger partial charge in [-0.05, 0) is 37.3 Å². The summed E-state index contributed by atoms with van der Waals surface area (Å²) in [6, 6.07) is 13.7. The lowest BCUT2D eigenvalue weighted by atomic mass is 10.1. The topological polar surface area (TPSA) is 76.2 Å². The van der Waals surface area contributed by atoms with Crippen molar-refractivity contribution in [1.82, 2.24) is 9.97 Å². The van der Waals surface area contributed by atoms with Crippen LogP contribution in [-0.4, -0.2) is 29.1 Å². The van der Waals surface area contributed by atoms with Crippen LogP contribution < -0.4 is 14.8 Å². The molecule has 0 radical (unpaired) electrons. The summed E-state index contributed by atoms with van der Waals surface area (Å²) in [6.45, 7) is -0.482. The molecule has 0 unspecified atom stereocenters. The van der Waals surface area contributed by atoms with Crippen molar-refractivity contribution in [3.63, 3.8) is 0 Å². The van der Waals surface area contributed by atoms with Gasteiger partial charge in [0.15, 0.2) is 5.13 Å². The van der Waals surface area contributed by atoms with E-state index in [0.717, 1.165) is 10.9 Å². The Bertz CT molecular complexity index is 1190. The van der Waals surface area contributed by atoms with Crippen LogP contribution in [-0.2, 0) is 0 Å². The molecule has 0 spiro atoms. The van der Waals surface area contributed by atoms with Gasteiger partial charge in [0.25, 0.3) is 5.91 Å². The Kier molecular flexibility index (Phi) is 5.62. The molecule has 4 rings (SSSR count). The Morgan fingerprint density at radius 1 is 1.23 bits per heavy atom. The maximum absolute atomic E-state index is 12.6. The van der Waals surface area contributed by atoms with Crippen molar-refractivity contribution in [3.05, 3.63) is 59.6 Å². The number of nitrogens with zero attached hydrogens (tertiary/aromatic N) is 1. The van der Waals surface area contributed by atoms with Gasteiger partial charge in [0, 0.05) is 27.9 Å². The third kappa shape index (κ3) is 4.25. The second-order valence-corrected chi connectivity index (χ2v) is 7.09. The molecule has 2 aromatic heterocycles. The lowest BCUT2D eigenvalue weighted by Crippen LogP contribution is -2.11. The number of aromatic amines is 1. The summed E-state index contributed by atoms with van der Waals surface area (Å²) in [5, 5.41) is 5.62. The molecule has 30 heavy (non-hydrogen) atoms. The molecule has 6 nitrogen and oxygen atoms in total. The molecule has 0 aliphatic carbocycles. The molecular weight excluding hydrogens is 412 g/mol. The molecule has 2 aromatic carbocycles. The van der Waals surface area contributed by atoms with Crippen LogP contribution in [0.25, 0.3) is 22.2 Å². The SMILES string of the molecule is CCOc1ccc2cc(C(=O)Nc3nc(-c4ccccc4OC(F)F)cs3)[nH]c2c1. The molecule has 0 saturated heterocycles. The summed E-state index contributed by atoms with van der Waals surface area (Å²) in [7, 11) is 0. The van der Waals surface area contributed by atoms with Crippen LogP contribution in [0, 0.1) is 0 Å². The van der Waals surface area contributed by atoms with E-state index in [1.54, 1.807) is 29.6 Å². The number of ether oxygens (including phenoxy) is 2. The van der Waals surface area contributed by atoms with E-state index in [1.165, 1.54) is 17.4 Å². The van der Waals surface area contributed by atoms with Crippen LogP contribution in [0.2, 0.25) is 0 Å². The van der Waals surface area contributed by atoms with Crippen LogP contribution in [0.3, 0.4) is 0 Å². The molecule has 0 saturated carbocycles. The molecule has 2 N–H and O–H groups in total. The predicted molar refractivity (Wildman–Crippen MR) is 112 cm³/mol. The number of H-pyrrole nitrogens is 1. The minimum absolute atomic E-state index is 0.0244. The first-order valence-corrected chi connectivity index (χ1v) is 9.98. The van der Waals surface area contributed by atoms with Crippen molar-refractivity contribution >= 4 is 33.3 Å². The molecule has 4 aromatic rings. The Labute approximate surface area is 174 Å². The van der Waals surface area contributed by atoms with Crippen molar-refractivity contribution in [2.24, 2.45) is 0 Å². The highest BCUT2D eigenvalue weighted by atomic mass is 32.1.